The summed E-state index contributed by atoms with van der Waals surface area (Å²) in [4.78, 5) is 15.7. The molecule has 1 N–H and O–H groups in total. The summed E-state index contributed by atoms with van der Waals surface area (Å²) in [6.07, 6.45) is 2.26. The van der Waals surface area contributed by atoms with Crippen molar-refractivity contribution in [2.75, 3.05) is 20.1 Å². The van der Waals surface area contributed by atoms with Gasteiger partial charge in [-0.25, -0.2) is 0 Å². The minimum absolute atomic E-state index is 0. The number of carbonyl (C=O) groups excluding carboxylic acids is 1. The van der Waals surface area contributed by atoms with Crippen LogP contribution in [0.4, 0.5) is 0 Å². The molecule has 0 aliphatic carbocycles. The average Bonchev–Trinajstić information content (AvgIpc) is 2.48. The van der Waals surface area contributed by atoms with Crippen LogP contribution in [0.3, 0.4) is 0 Å². The number of piperidine rings is 1. The smallest absolute Gasteiger partial charge is 0.235 e. The minimum atomic E-state index is -0.0201. The SMILES string of the molecule is CNC1CCCN(C(=O)C(C)Sc2ccc(C)cc2)C1.Cl. The van der Waals surface area contributed by atoms with Gasteiger partial charge in [0.05, 0.1) is 5.25 Å². The van der Waals surface area contributed by atoms with E-state index in [0.29, 0.717) is 6.04 Å². The molecule has 0 spiro atoms. The van der Waals surface area contributed by atoms with Gasteiger partial charge in [-0.2, -0.15) is 0 Å². The molecule has 1 aliphatic rings. The second kappa shape index (κ2) is 8.66. The largest absolute Gasteiger partial charge is 0.340 e. The summed E-state index contributed by atoms with van der Waals surface area (Å²) in [6.45, 7) is 5.83. The lowest BCUT2D eigenvalue weighted by Gasteiger charge is -2.34. The minimum Gasteiger partial charge on any atom is -0.340 e. The summed E-state index contributed by atoms with van der Waals surface area (Å²) < 4.78 is 0. The van der Waals surface area contributed by atoms with Gasteiger partial charge in [-0.3, -0.25) is 4.79 Å². The molecule has 0 radical (unpaired) electrons. The van der Waals surface area contributed by atoms with Crippen LogP contribution in [0.2, 0.25) is 0 Å². The highest BCUT2D eigenvalue weighted by Crippen LogP contribution is 2.25. The lowest BCUT2D eigenvalue weighted by molar-refractivity contribution is -0.131. The lowest BCUT2D eigenvalue weighted by Crippen LogP contribution is -2.49. The Balaban J connectivity index is 0.00000220. The third-order valence-electron chi connectivity index (χ3n) is 3.82. The molecule has 1 heterocycles. The maximum Gasteiger partial charge on any atom is 0.235 e. The van der Waals surface area contributed by atoms with E-state index in [1.807, 2.05) is 18.9 Å². The number of aryl methyl sites for hydroxylation is 1. The van der Waals surface area contributed by atoms with Crippen molar-refractivity contribution in [2.45, 2.75) is 42.9 Å². The van der Waals surface area contributed by atoms with Gasteiger partial charge in [0, 0.05) is 24.0 Å². The molecule has 2 unspecified atom stereocenters. The Morgan fingerprint density at radius 1 is 1.38 bits per heavy atom. The van der Waals surface area contributed by atoms with Crippen LogP contribution < -0.4 is 5.32 Å². The van der Waals surface area contributed by atoms with Gasteiger partial charge >= 0.3 is 0 Å². The molecule has 1 saturated heterocycles. The molecular weight excluding hydrogens is 304 g/mol. The number of rotatable bonds is 4. The summed E-state index contributed by atoms with van der Waals surface area (Å²) in [5.74, 6) is 0.260. The van der Waals surface area contributed by atoms with Gasteiger partial charge in [0.25, 0.3) is 0 Å². The summed E-state index contributed by atoms with van der Waals surface area (Å²) in [7, 11) is 1.98. The monoisotopic (exact) mass is 328 g/mol. The molecule has 0 saturated carbocycles. The first-order valence-electron chi connectivity index (χ1n) is 7.29. The Hall–Kier alpha value is -0.710. The van der Waals surface area contributed by atoms with Crippen molar-refractivity contribution in [1.29, 1.82) is 0 Å². The van der Waals surface area contributed by atoms with Crippen LogP contribution in [-0.4, -0.2) is 42.2 Å². The van der Waals surface area contributed by atoms with E-state index in [2.05, 4.69) is 36.5 Å². The molecule has 0 aromatic heterocycles. The molecule has 5 heteroatoms. The van der Waals surface area contributed by atoms with Crippen LogP contribution in [0.15, 0.2) is 29.2 Å². The number of halogens is 1. The maximum atomic E-state index is 12.5. The fourth-order valence-corrected chi connectivity index (χ4v) is 3.49. The quantitative estimate of drug-likeness (QED) is 0.862. The molecule has 1 fully saturated rings. The van der Waals surface area contributed by atoms with Gasteiger partial charge in [-0.05, 0) is 45.9 Å². The van der Waals surface area contributed by atoms with E-state index in [1.165, 1.54) is 16.9 Å². The Morgan fingerprint density at radius 2 is 2.05 bits per heavy atom. The second-order valence-corrected chi connectivity index (χ2v) is 6.90. The highest BCUT2D eigenvalue weighted by molar-refractivity contribution is 8.00. The van der Waals surface area contributed by atoms with E-state index in [1.54, 1.807) is 11.8 Å². The fraction of sp³-hybridized carbons (Fsp3) is 0.562. The van der Waals surface area contributed by atoms with Crippen molar-refractivity contribution in [1.82, 2.24) is 10.2 Å². The van der Waals surface area contributed by atoms with Gasteiger partial charge in [0.2, 0.25) is 5.91 Å². The first kappa shape index (κ1) is 18.3. The number of benzene rings is 1. The number of nitrogens with zero attached hydrogens (tertiary/aromatic N) is 1. The third-order valence-corrected chi connectivity index (χ3v) is 4.92. The van der Waals surface area contributed by atoms with Crippen LogP contribution >= 0.6 is 24.2 Å². The Kier molecular flexibility index (Phi) is 7.57. The molecular formula is C16H25ClN2OS. The van der Waals surface area contributed by atoms with Crippen LogP contribution in [0.25, 0.3) is 0 Å². The number of amides is 1. The van der Waals surface area contributed by atoms with Crippen molar-refractivity contribution in [3.05, 3.63) is 29.8 Å². The fourth-order valence-electron chi connectivity index (χ4n) is 2.54. The summed E-state index contributed by atoms with van der Waals surface area (Å²) in [5, 5.41) is 3.26. The van der Waals surface area contributed by atoms with Gasteiger partial charge < -0.3 is 10.2 Å². The van der Waals surface area contributed by atoms with E-state index < -0.39 is 0 Å². The summed E-state index contributed by atoms with van der Waals surface area (Å²) >= 11 is 1.65. The van der Waals surface area contributed by atoms with Crippen molar-refractivity contribution < 1.29 is 4.79 Å². The average molecular weight is 329 g/mol. The van der Waals surface area contributed by atoms with Crippen molar-refractivity contribution in [3.63, 3.8) is 0 Å². The Bertz CT molecular complexity index is 452. The second-order valence-electron chi connectivity index (χ2n) is 5.49. The number of hydrogen-bond donors (Lipinski definition) is 1. The first-order valence-corrected chi connectivity index (χ1v) is 8.17. The maximum absolute atomic E-state index is 12.5. The number of carbonyl (C=O) groups is 1. The Morgan fingerprint density at radius 3 is 2.67 bits per heavy atom. The molecule has 1 aromatic carbocycles. The standard InChI is InChI=1S/C16H24N2OS.ClH/c1-12-6-8-15(9-7-12)20-13(2)16(19)18-10-4-5-14(11-18)17-3;/h6-9,13-14,17H,4-5,10-11H2,1-3H3;1H. The molecule has 3 nitrogen and oxygen atoms in total. The molecule has 2 rings (SSSR count). The number of likely N-dealkylation sites (N-methyl/N-ethyl adjacent to an activating group) is 1. The van der Waals surface area contributed by atoms with E-state index in [-0.39, 0.29) is 23.6 Å². The predicted octanol–water partition coefficient (Wildman–Crippen LogP) is 3.11. The highest BCUT2D eigenvalue weighted by atomic mass is 35.5. The first-order chi connectivity index (χ1) is 9.60. The zero-order chi connectivity index (χ0) is 14.5. The molecule has 1 amide bonds. The molecule has 118 valence electrons. The molecule has 1 aliphatic heterocycles. The van der Waals surface area contributed by atoms with Gasteiger partial charge in [0.15, 0.2) is 0 Å². The number of likely N-dealkylation sites (tertiary alicyclic amines) is 1. The van der Waals surface area contributed by atoms with Crippen LogP contribution in [0.5, 0.6) is 0 Å². The van der Waals surface area contributed by atoms with E-state index in [4.69, 9.17) is 0 Å². The zero-order valence-electron chi connectivity index (χ0n) is 13.0. The molecule has 0 bridgehead atoms. The van der Waals surface area contributed by atoms with Crippen LogP contribution in [0, 0.1) is 6.92 Å². The number of thioether (sulfide) groups is 1. The van der Waals surface area contributed by atoms with Crippen molar-refractivity contribution in [2.24, 2.45) is 0 Å². The van der Waals surface area contributed by atoms with Crippen molar-refractivity contribution >= 4 is 30.1 Å². The van der Waals surface area contributed by atoms with E-state index in [9.17, 15) is 4.79 Å². The molecule has 21 heavy (non-hydrogen) atoms. The Labute approximate surface area is 138 Å². The van der Waals surface area contributed by atoms with E-state index in [0.717, 1.165) is 19.5 Å². The van der Waals surface area contributed by atoms with Gasteiger partial charge in [-0.1, -0.05) is 17.7 Å². The zero-order valence-corrected chi connectivity index (χ0v) is 14.6. The summed E-state index contributed by atoms with van der Waals surface area (Å²) in [5.41, 5.74) is 1.25. The number of nitrogens with one attached hydrogen (secondary N) is 1. The predicted molar refractivity (Wildman–Crippen MR) is 92.4 cm³/mol. The highest BCUT2D eigenvalue weighted by Gasteiger charge is 2.26. The van der Waals surface area contributed by atoms with E-state index >= 15 is 0 Å². The third kappa shape index (κ3) is 5.20. The normalized spacial score (nSPS) is 19.8. The molecule has 2 atom stereocenters. The van der Waals surface area contributed by atoms with Crippen LogP contribution in [-0.2, 0) is 4.79 Å². The van der Waals surface area contributed by atoms with Crippen LogP contribution in [0.1, 0.15) is 25.3 Å². The number of hydrogen-bond acceptors (Lipinski definition) is 3. The van der Waals surface area contributed by atoms with Crippen molar-refractivity contribution in [3.8, 4) is 0 Å². The molecule has 1 aromatic rings. The topological polar surface area (TPSA) is 32.3 Å². The van der Waals surface area contributed by atoms with Gasteiger partial charge in [-0.15, -0.1) is 24.2 Å². The lowest BCUT2D eigenvalue weighted by atomic mass is 10.1. The summed E-state index contributed by atoms with van der Waals surface area (Å²) in [6, 6.07) is 8.83. The van der Waals surface area contributed by atoms with Gasteiger partial charge in [0.1, 0.15) is 0 Å².